The van der Waals surface area contributed by atoms with Crippen LogP contribution < -0.4 is 11.3 Å². The third-order valence-electron chi connectivity index (χ3n) is 3.67. The van der Waals surface area contributed by atoms with Crippen molar-refractivity contribution in [2.75, 3.05) is 6.54 Å². The zero-order chi connectivity index (χ0) is 11.8. The molecule has 0 radical (unpaired) electrons. The molecule has 3 atom stereocenters. The van der Waals surface area contributed by atoms with E-state index in [0.717, 1.165) is 30.8 Å². The summed E-state index contributed by atoms with van der Waals surface area (Å²) in [6, 6.07) is 1.53. The van der Waals surface area contributed by atoms with Crippen LogP contribution in [-0.2, 0) is 11.2 Å². The fourth-order valence-electron chi connectivity index (χ4n) is 2.91. The van der Waals surface area contributed by atoms with Crippen molar-refractivity contribution < 1.29 is 4.74 Å². The summed E-state index contributed by atoms with van der Waals surface area (Å²) < 4.78 is 5.79. The van der Waals surface area contributed by atoms with Crippen LogP contribution in [0.1, 0.15) is 36.7 Å². The van der Waals surface area contributed by atoms with Gasteiger partial charge in [-0.25, -0.2) is 4.98 Å². The molecule has 0 spiro atoms. The maximum atomic E-state index is 11.6. The molecule has 2 bridgehead atoms. The molecule has 0 aromatic carbocycles. The van der Waals surface area contributed by atoms with E-state index in [1.54, 1.807) is 0 Å². The molecule has 17 heavy (non-hydrogen) atoms. The lowest BCUT2D eigenvalue weighted by Gasteiger charge is -2.17. The lowest BCUT2D eigenvalue weighted by Crippen LogP contribution is -2.22. The largest absolute Gasteiger partial charge is 0.374 e. The van der Waals surface area contributed by atoms with E-state index >= 15 is 0 Å². The van der Waals surface area contributed by atoms with E-state index < -0.39 is 0 Å². The lowest BCUT2D eigenvalue weighted by atomic mass is 9.88. The zero-order valence-electron chi connectivity index (χ0n) is 9.69. The zero-order valence-corrected chi connectivity index (χ0v) is 9.69. The van der Waals surface area contributed by atoms with Crippen LogP contribution >= 0.6 is 0 Å². The molecule has 3 rings (SSSR count). The molecule has 1 aromatic heterocycles. The van der Waals surface area contributed by atoms with Crippen LogP contribution in [0.5, 0.6) is 0 Å². The van der Waals surface area contributed by atoms with Crippen molar-refractivity contribution in [2.45, 2.75) is 43.8 Å². The fraction of sp³-hybridized carbons (Fsp3) is 0.667. The Bertz CT molecular complexity index is 471. The second kappa shape index (κ2) is 4.23. The SMILES string of the molecule is NCCc1cc(=O)[nH]c(C2CC3CCC2O3)n1. The van der Waals surface area contributed by atoms with Crippen LogP contribution in [-0.4, -0.2) is 28.7 Å². The normalized spacial score (nSPS) is 31.0. The number of nitrogens with two attached hydrogens (primary N) is 1. The van der Waals surface area contributed by atoms with E-state index in [2.05, 4.69) is 9.97 Å². The Morgan fingerprint density at radius 1 is 1.53 bits per heavy atom. The highest BCUT2D eigenvalue weighted by Crippen LogP contribution is 2.43. The highest BCUT2D eigenvalue weighted by Gasteiger charge is 2.42. The molecule has 2 fully saturated rings. The van der Waals surface area contributed by atoms with Crippen LogP contribution in [0.3, 0.4) is 0 Å². The number of fused-ring (bicyclic) bond motifs is 2. The summed E-state index contributed by atoms with van der Waals surface area (Å²) in [6.45, 7) is 0.517. The average molecular weight is 235 g/mol. The third kappa shape index (κ3) is 2.00. The van der Waals surface area contributed by atoms with Gasteiger partial charge in [0.15, 0.2) is 0 Å². The maximum absolute atomic E-state index is 11.6. The molecule has 1 aromatic rings. The van der Waals surface area contributed by atoms with Crippen molar-refractivity contribution in [1.82, 2.24) is 9.97 Å². The quantitative estimate of drug-likeness (QED) is 0.790. The first-order valence-electron chi connectivity index (χ1n) is 6.22. The predicted octanol–water partition coefficient (Wildman–Crippen LogP) is 0.306. The van der Waals surface area contributed by atoms with Gasteiger partial charge in [-0.15, -0.1) is 0 Å². The number of hydrogen-bond donors (Lipinski definition) is 2. The minimum absolute atomic E-state index is 0.0822. The van der Waals surface area contributed by atoms with E-state index in [-0.39, 0.29) is 17.6 Å². The van der Waals surface area contributed by atoms with Gasteiger partial charge in [-0.1, -0.05) is 0 Å². The molecule has 0 amide bonds. The number of aromatic nitrogens is 2. The maximum Gasteiger partial charge on any atom is 0.251 e. The van der Waals surface area contributed by atoms with Crippen LogP contribution in [0.2, 0.25) is 0 Å². The smallest absolute Gasteiger partial charge is 0.251 e. The van der Waals surface area contributed by atoms with Crippen LogP contribution in [0.4, 0.5) is 0 Å². The minimum atomic E-state index is -0.0822. The average Bonchev–Trinajstić information content (AvgIpc) is 2.90. The molecule has 2 saturated heterocycles. The summed E-state index contributed by atoms with van der Waals surface area (Å²) in [5, 5.41) is 0. The molecule has 3 N–H and O–H groups in total. The van der Waals surface area contributed by atoms with Crippen LogP contribution in [0.25, 0.3) is 0 Å². The molecular weight excluding hydrogens is 218 g/mol. The van der Waals surface area contributed by atoms with Crippen molar-refractivity contribution in [3.63, 3.8) is 0 Å². The van der Waals surface area contributed by atoms with Crippen LogP contribution in [0.15, 0.2) is 10.9 Å². The number of ether oxygens (including phenoxy) is 1. The van der Waals surface area contributed by atoms with Gasteiger partial charge >= 0.3 is 0 Å². The number of hydrogen-bond acceptors (Lipinski definition) is 4. The van der Waals surface area contributed by atoms with Gasteiger partial charge in [0.05, 0.1) is 12.2 Å². The number of aromatic amines is 1. The van der Waals surface area contributed by atoms with Gasteiger partial charge < -0.3 is 15.5 Å². The monoisotopic (exact) mass is 235 g/mol. The summed E-state index contributed by atoms with van der Waals surface area (Å²) in [4.78, 5) is 18.9. The fourth-order valence-corrected chi connectivity index (χ4v) is 2.91. The molecule has 3 unspecified atom stereocenters. The molecular formula is C12H17N3O2. The summed E-state index contributed by atoms with van der Waals surface area (Å²) in [5.41, 5.74) is 6.20. The molecule has 0 saturated carbocycles. The number of nitrogens with one attached hydrogen (secondary N) is 1. The second-order valence-electron chi connectivity index (χ2n) is 4.88. The molecule has 2 aliphatic heterocycles. The van der Waals surface area contributed by atoms with Gasteiger partial charge in [0.1, 0.15) is 5.82 Å². The summed E-state index contributed by atoms with van der Waals surface area (Å²) in [6.07, 6.45) is 4.48. The van der Waals surface area contributed by atoms with Gasteiger partial charge in [0.2, 0.25) is 0 Å². The van der Waals surface area contributed by atoms with E-state index in [9.17, 15) is 4.79 Å². The predicted molar refractivity (Wildman–Crippen MR) is 62.9 cm³/mol. The molecule has 92 valence electrons. The van der Waals surface area contributed by atoms with Crippen molar-refractivity contribution >= 4 is 0 Å². The topological polar surface area (TPSA) is 81.0 Å². The van der Waals surface area contributed by atoms with E-state index in [4.69, 9.17) is 10.5 Å². The summed E-state index contributed by atoms with van der Waals surface area (Å²) >= 11 is 0. The van der Waals surface area contributed by atoms with Crippen LogP contribution in [0, 0.1) is 0 Å². The van der Waals surface area contributed by atoms with Crippen molar-refractivity contribution in [3.05, 3.63) is 27.9 Å². The Balaban J connectivity index is 1.89. The molecule has 0 aliphatic carbocycles. The van der Waals surface area contributed by atoms with Gasteiger partial charge in [-0.3, -0.25) is 4.79 Å². The highest BCUT2D eigenvalue weighted by atomic mass is 16.5. The Morgan fingerprint density at radius 3 is 3.06 bits per heavy atom. The molecule has 5 nitrogen and oxygen atoms in total. The van der Waals surface area contributed by atoms with Gasteiger partial charge in [-0.2, -0.15) is 0 Å². The van der Waals surface area contributed by atoms with E-state index in [0.29, 0.717) is 19.1 Å². The molecule has 5 heteroatoms. The van der Waals surface area contributed by atoms with E-state index in [1.165, 1.54) is 6.07 Å². The van der Waals surface area contributed by atoms with E-state index in [1.807, 2.05) is 0 Å². The Labute approximate surface area is 99.4 Å². The summed E-state index contributed by atoms with van der Waals surface area (Å²) in [5.74, 6) is 1.05. The first-order valence-corrected chi connectivity index (χ1v) is 6.22. The number of rotatable bonds is 3. The first kappa shape index (κ1) is 10.9. The highest BCUT2D eigenvalue weighted by molar-refractivity contribution is 5.11. The Morgan fingerprint density at radius 2 is 2.41 bits per heavy atom. The standard InChI is InChI=1S/C12H17N3O2/c13-4-3-7-5-11(16)15-12(14-7)9-6-8-1-2-10(9)17-8/h5,8-10H,1-4,6,13H2,(H,14,15,16). The number of H-pyrrole nitrogens is 1. The molecule has 2 aliphatic rings. The third-order valence-corrected chi connectivity index (χ3v) is 3.67. The first-order chi connectivity index (χ1) is 8.26. The Kier molecular flexibility index (Phi) is 2.72. The van der Waals surface area contributed by atoms with Gasteiger partial charge in [0, 0.05) is 24.1 Å². The van der Waals surface area contributed by atoms with Gasteiger partial charge in [0.25, 0.3) is 5.56 Å². The lowest BCUT2D eigenvalue weighted by molar-refractivity contribution is 0.0998. The molecule has 3 heterocycles. The second-order valence-corrected chi connectivity index (χ2v) is 4.88. The number of nitrogens with zero attached hydrogens (tertiary/aromatic N) is 1. The summed E-state index contributed by atoms with van der Waals surface area (Å²) in [7, 11) is 0. The Hall–Kier alpha value is -1.20. The van der Waals surface area contributed by atoms with Gasteiger partial charge in [-0.05, 0) is 25.8 Å². The van der Waals surface area contributed by atoms with Crippen molar-refractivity contribution in [2.24, 2.45) is 5.73 Å². The van der Waals surface area contributed by atoms with Crippen molar-refractivity contribution in [3.8, 4) is 0 Å². The van der Waals surface area contributed by atoms with Crippen molar-refractivity contribution in [1.29, 1.82) is 0 Å². The minimum Gasteiger partial charge on any atom is -0.374 e.